The number of ether oxygens (including phenoxy) is 1. The number of rotatable bonds is 2. The molecule has 104 valence electrons. The lowest BCUT2D eigenvalue weighted by molar-refractivity contribution is 0.0662. The van der Waals surface area contributed by atoms with Crippen LogP contribution in [0.4, 0.5) is 0 Å². The van der Waals surface area contributed by atoms with Crippen LogP contribution in [0.3, 0.4) is 0 Å². The van der Waals surface area contributed by atoms with Crippen LogP contribution >= 0.6 is 0 Å². The molecule has 2 unspecified atom stereocenters. The Bertz CT molecular complexity index is 613. The van der Waals surface area contributed by atoms with Gasteiger partial charge in [-0.15, -0.1) is 0 Å². The summed E-state index contributed by atoms with van der Waals surface area (Å²) in [5, 5.41) is 2.37. The van der Waals surface area contributed by atoms with Crippen LogP contribution < -0.4 is 4.74 Å². The molecule has 0 saturated carbocycles. The fourth-order valence-corrected chi connectivity index (χ4v) is 3.78. The summed E-state index contributed by atoms with van der Waals surface area (Å²) >= 11 is 0. The molecule has 2 atom stereocenters. The molecule has 3 heterocycles. The summed E-state index contributed by atoms with van der Waals surface area (Å²) in [6, 6.07) is 9.80. The molecule has 2 saturated heterocycles. The number of nitrogens with zero attached hydrogens (tertiary/aromatic N) is 2. The van der Waals surface area contributed by atoms with Crippen LogP contribution in [0.25, 0.3) is 10.8 Å². The molecule has 1 aromatic carbocycles. The maximum Gasteiger partial charge on any atom is 0.120 e. The summed E-state index contributed by atoms with van der Waals surface area (Å²) < 4.78 is 6.25. The number of pyridine rings is 1. The normalized spacial score (nSPS) is 29.8. The molecule has 2 aromatic rings. The molecule has 0 radical (unpaired) electrons. The van der Waals surface area contributed by atoms with Crippen molar-refractivity contribution in [2.75, 3.05) is 7.05 Å². The summed E-state index contributed by atoms with van der Waals surface area (Å²) in [5.41, 5.74) is 0. The van der Waals surface area contributed by atoms with Crippen molar-refractivity contribution < 1.29 is 4.74 Å². The standard InChI is InChI=1S/C17H20N2O/c1-19-14-3-4-15(19)10-17(9-14)20-16-5-2-13-11-18-7-6-12(13)8-16/h2,5-8,11,14-15,17H,3-4,9-10H2,1H3. The predicted octanol–water partition coefficient (Wildman–Crippen LogP) is 3.24. The van der Waals surface area contributed by atoms with Crippen molar-refractivity contribution in [2.24, 2.45) is 0 Å². The van der Waals surface area contributed by atoms with Crippen molar-refractivity contribution in [1.82, 2.24) is 9.88 Å². The van der Waals surface area contributed by atoms with Gasteiger partial charge in [-0.25, -0.2) is 0 Å². The van der Waals surface area contributed by atoms with Gasteiger partial charge in [0.2, 0.25) is 0 Å². The third-order valence-corrected chi connectivity index (χ3v) is 4.97. The predicted molar refractivity (Wildman–Crippen MR) is 80.0 cm³/mol. The zero-order chi connectivity index (χ0) is 13.5. The van der Waals surface area contributed by atoms with E-state index in [1.807, 2.05) is 18.5 Å². The van der Waals surface area contributed by atoms with E-state index in [1.54, 1.807) is 0 Å². The Labute approximate surface area is 119 Å². The molecule has 2 fully saturated rings. The summed E-state index contributed by atoms with van der Waals surface area (Å²) in [6.07, 6.45) is 9.12. The minimum atomic E-state index is 0.378. The summed E-state index contributed by atoms with van der Waals surface area (Å²) in [5.74, 6) is 0.998. The Kier molecular flexibility index (Phi) is 2.88. The van der Waals surface area contributed by atoms with E-state index in [2.05, 4.69) is 35.1 Å². The molecule has 3 heteroatoms. The Morgan fingerprint density at radius 1 is 1.10 bits per heavy atom. The van der Waals surface area contributed by atoms with Crippen molar-refractivity contribution >= 4 is 10.8 Å². The van der Waals surface area contributed by atoms with Gasteiger partial charge in [-0.2, -0.15) is 0 Å². The van der Waals surface area contributed by atoms with E-state index in [1.165, 1.54) is 36.5 Å². The van der Waals surface area contributed by atoms with Gasteiger partial charge >= 0.3 is 0 Å². The highest BCUT2D eigenvalue weighted by Gasteiger charge is 2.39. The molecule has 0 aliphatic carbocycles. The quantitative estimate of drug-likeness (QED) is 0.836. The summed E-state index contributed by atoms with van der Waals surface area (Å²) in [7, 11) is 2.27. The number of fused-ring (bicyclic) bond motifs is 3. The van der Waals surface area contributed by atoms with Crippen LogP contribution in [0, 0.1) is 0 Å². The van der Waals surface area contributed by atoms with Crippen LogP contribution in [0.5, 0.6) is 5.75 Å². The minimum Gasteiger partial charge on any atom is -0.490 e. The molecule has 0 N–H and O–H groups in total. The molecule has 2 aliphatic heterocycles. The first kappa shape index (κ1) is 12.2. The molecular formula is C17H20N2O. The molecule has 2 aliphatic rings. The second-order valence-electron chi connectivity index (χ2n) is 6.15. The van der Waals surface area contributed by atoms with E-state index in [-0.39, 0.29) is 0 Å². The molecule has 4 rings (SSSR count). The van der Waals surface area contributed by atoms with Crippen LogP contribution in [-0.2, 0) is 0 Å². The first-order chi connectivity index (χ1) is 9.79. The maximum absolute atomic E-state index is 6.25. The van der Waals surface area contributed by atoms with Gasteiger partial charge < -0.3 is 9.64 Å². The molecular weight excluding hydrogens is 248 g/mol. The molecule has 0 amide bonds. The van der Waals surface area contributed by atoms with Gasteiger partial charge in [0, 0.05) is 29.9 Å². The molecule has 3 nitrogen and oxygen atoms in total. The topological polar surface area (TPSA) is 25.4 Å². The monoisotopic (exact) mass is 268 g/mol. The third-order valence-electron chi connectivity index (χ3n) is 4.97. The molecule has 1 aromatic heterocycles. The third kappa shape index (κ3) is 2.06. The van der Waals surface area contributed by atoms with Crippen molar-refractivity contribution in [1.29, 1.82) is 0 Å². The lowest BCUT2D eigenvalue weighted by atomic mass is 10.0. The number of hydrogen-bond donors (Lipinski definition) is 0. The highest BCUT2D eigenvalue weighted by molar-refractivity contribution is 5.82. The van der Waals surface area contributed by atoms with E-state index in [0.29, 0.717) is 6.10 Å². The van der Waals surface area contributed by atoms with Gasteiger partial charge in [0.05, 0.1) is 0 Å². The van der Waals surface area contributed by atoms with Gasteiger partial charge in [0.15, 0.2) is 0 Å². The molecule has 0 spiro atoms. The lowest BCUT2D eigenvalue weighted by Crippen LogP contribution is -2.43. The van der Waals surface area contributed by atoms with Gasteiger partial charge in [0.1, 0.15) is 11.9 Å². The van der Waals surface area contributed by atoms with Crippen LogP contribution in [0.15, 0.2) is 36.7 Å². The number of benzene rings is 1. The van der Waals surface area contributed by atoms with Gasteiger partial charge in [-0.3, -0.25) is 4.98 Å². The van der Waals surface area contributed by atoms with Gasteiger partial charge in [0.25, 0.3) is 0 Å². The first-order valence-corrected chi connectivity index (χ1v) is 7.52. The van der Waals surface area contributed by atoms with Crippen LogP contribution in [-0.4, -0.2) is 35.1 Å². The lowest BCUT2D eigenvalue weighted by Gasteiger charge is -2.36. The summed E-state index contributed by atoms with van der Waals surface area (Å²) in [6.45, 7) is 0. The Morgan fingerprint density at radius 3 is 2.70 bits per heavy atom. The van der Waals surface area contributed by atoms with Crippen molar-refractivity contribution in [3.63, 3.8) is 0 Å². The van der Waals surface area contributed by atoms with Gasteiger partial charge in [-0.1, -0.05) is 0 Å². The Balaban J connectivity index is 1.53. The number of hydrogen-bond acceptors (Lipinski definition) is 3. The van der Waals surface area contributed by atoms with E-state index in [9.17, 15) is 0 Å². The second-order valence-corrected chi connectivity index (χ2v) is 6.15. The number of aromatic nitrogens is 1. The maximum atomic E-state index is 6.25. The second kappa shape index (κ2) is 4.74. The summed E-state index contributed by atoms with van der Waals surface area (Å²) in [4.78, 5) is 6.70. The zero-order valence-electron chi connectivity index (χ0n) is 11.8. The number of piperidine rings is 1. The average Bonchev–Trinajstić information content (AvgIpc) is 2.70. The smallest absolute Gasteiger partial charge is 0.120 e. The SMILES string of the molecule is CN1C2CCC1CC(Oc1ccc3cnccc3c1)C2. The average molecular weight is 268 g/mol. The fourth-order valence-electron chi connectivity index (χ4n) is 3.78. The van der Waals surface area contributed by atoms with Crippen molar-refractivity contribution in [3.8, 4) is 5.75 Å². The van der Waals surface area contributed by atoms with E-state index < -0.39 is 0 Å². The van der Waals surface area contributed by atoms with E-state index in [4.69, 9.17) is 4.74 Å². The van der Waals surface area contributed by atoms with Crippen molar-refractivity contribution in [2.45, 2.75) is 43.9 Å². The highest BCUT2D eigenvalue weighted by atomic mass is 16.5. The van der Waals surface area contributed by atoms with Crippen LogP contribution in [0.1, 0.15) is 25.7 Å². The van der Waals surface area contributed by atoms with E-state index >= 15 is 0 Å². The van der Waals surface area contributed by atoms with Crippen molar-refractivity contribution in [3.05, 3.63) is 36.7 Å². The zero-order valence-corrected chi connectivity index (χ0v) is 11.8. The van der Waals surface area contributed by atoms with Crippen LogP contribution in [0.2, 0.25) is 0 Å². The largest absolute Gasteiger partial charge is 0.490 e. The first-order valence-electron chi connectivity index (χ1n) is 7.52. The Morgan fingerprint density at radius 2 is 1.90 bits per heavy atom. The fraction of sp³-hybridized carbons (Fsp3) is 0.471. The minimum absolute atomic E-state index is 0.378. The Hall–Kier alpha value is -1.61. The highest BCUT2D eigenvalue weighted by Crippen LogP contribution is 2.36. The van der Waals surface area contributed by atoms with E-state index in [0.717, 1.165) is 17.8 Å². The molecule has 20 heavy (non-hydrogen) atoms. The van der Waals surface area contributed by atoms with Gasteiger partial charge in [-0.05, 0) is 62.4 Å². The molecule has 2 bridgehead atoms.